The summed E-state index contributed by atoms with van der Waals surface area (Å²) in [5.41, 5.74) is 1.48. The molecule has 2 heterocycles. The van der Waals surface area contributed by atoms with Crippen LogP contribution in [0.15, 0.2) is 88.9 Å². The van der Waals surface area contributed by atoms with Crippen LogP contribution in [0.4, 0.5) is 4.79 Å². The zero-order valence-corrected chi connectivity index (χ0v) is 44.1. The number of nitrogens with zero attached hydrogens (tertiary/aromatic N) is 4. The number of nitrogens with one attached hydrogen (secondary N) is 2. The second kappa shape index (κ2) is 27.6. The van der Waals surface area contributed by atoms with Gasteiger partial charge in [-0.1, -0.05) is 114 Å². The molecule has 5 amide bonds. The Morgan fingerprint density at radius 2 is 1.49 bits per heavy atom. The Hall–Kier alpha value is -4.68. The molecular weight excluding hydrogens is 917 g/mol. The number of likely N-dealkylation sites (N-methyl/N-ethyl adjacent to an activating group) is 2. The minimum absolute atomic E-state index is 0.00828. The van der Waals surface area contributed by atoms with Gasteiger partial charge in [0, 0.05) is 46.0 Å². The van der Waals surface area contributed by atoms with E-state index in [1.165, 1.54) is 19.1 Å². The molecule has 0 radical (unpaired) electrons. The predicted molar refractivity (Wildman–Crippen MR) is 271 cm³/mol. The molecule has 0 unspecified atom stereocenters. The van der Waals surface area contributed by atoms with Crippen molar-refractivity contribution in [2.24, 2.45) is 23.7 Å². The Morgan fingerprint density at radius 1 is 0.826 bits per heavy atom. The Bertz CT molecular complexity index is 2090. The van der Waals surface area contributed by atoms with Gasteiger partial charge < -0.3 is 39.8 Å². The molecule has 1 aliphatic rings. The van der Waals surface area contributed by atoms with Crippen LogP contribution in [-0.2, 0) is 40.0 Å². The van der Waals surface area contributed by atoms with Gasteiger partial charge >= 0.3 is 6.09 Å². The molecule has 0 spiro atoms. The van der Waals surface area contributed by atoms with Gasteiger partial charge in [0.1, 0.15) is 23.7 Å². The molecule has 3 aromatic rings. The second-order valence-electron chi connectivity index (χ2n) is 18.8. The molecule has 69 heavy (non-hydrogen) atoms. The first kappa shape index (κ1) is 56.9. The smallest absolute Gasteiger partial charge is 0.410 e. The first-order valence-corrected chi connectivity index (χ1v) is 26.2. The van der Waals surface area contributed by atoms with E-state index >= 15 is 0 Å². The largest absolute Gasteiger partial charge is 0.445 e. The maximum absolute atomic E-state index is 14.6. The number of aliphatic hydroxyl groups excluding tert-OH is 1. The fourth-order valence-corrected chi connectivity index (χ4v) is 10.9. The summed E-state index contributed by atoms with van der Waals surface area (Å²) in [5, 5.41) is 17.7. The quantitative estimate of drug-likeness (QED) is 0.0704. The Balaban J connectivity index is 1.41. The Labute approximate surface area is 418 Å². The van der Waals surface area contributed by atoms with Crippen molar-refractivity contribution in [2.45, 2.75) is 146 Å². The van der Waals surface area contributed by atoms with Gasteiger partial charge in [-0.15, -0.1) is 0 Å². The number of methoxy groups -OCH3 is 2. The number of benzene rings is 2. The summed E-state index contributed by atoms with van der Waals surface area (Å²) in [6, 6.07) is 19.2. The number of likely N-dealkylation sites (tertiary alicyclic amines) is 1. The van der Waals surface area contributed by atoms with Gasteiger partial charge in [-0.3, -0.25) is 24.1 Å². The first-order chi connectivity index (χ1) is 32.8. The van der Waals surface area contributed by atoms with Crippen LogP contribution in [-0.4, -0.2) is 132 Å². The monoisotopic (exact) mass is 993 g/mol. The van der Waals surface area contributed by atoms with E-state index in [2.05, 4.69) is 15.6 Å². The van der Waals surface area contributed by atoms with Crippen molar-refractivity contribution >= 4 is 51.3 Å². The third-order valence-electron chi connectivity index (χ3n) is 13.2. The van der Waals surface area contributed by atoms with Gasteiger partial charge in [-0.2, -0.15) is 0 Å². The van der Waals surface area contributed by atoms with Gasteiger partial charge in [-0.25, -0.2) is 9.78 Å². The van der Waals surface area contributed by atoms with Gasteiger partial charge in [-0.05, 0) is 83.7 Å². The number of carbonyl (C=O) groups excluding carboxylic acids is 5. The maximum atomic E-state index is 14.6. The average Bonchev–Trinajstić information content (AvgIpc) is 3.84. The van der Waals surface area contributed by atoms with Crippen LogP contribution in [0.5, 0.6) is 0 Å². The lowest BCUT2D eigenvalue weighted by Crippen LogP contribution is -2.60. The molecule has 1 saturated heterocycles. The summed E-state index contributed by atoms with van der Waals surface area (Å²) >= 11 is 0. The molecule has 1 aromatic heterocycles. The molecule has 0 saturated carbocycles. The van der Waals surface area contributed by atoms with E-state index < -0.39 is 60.4 Å². The fraction of sp³-hybridized carbons (Fsp3) is 0.577. The molecule has 3 N–H and O–H groups in total. The highest BCUT2D eigenvalue weighted by molar-refractivity contribution is 8.76. The highest BCUT2D eigenvalue weighted by Gasteiger charge is 2.43. The summed E-state index contributed by atoms with van der Waals surface area (Å²) in [5.74, 6) is -2.74. The van der Waals surface area contributed by atoms with Crippen molar-refractivity contribution in [3.8, 4) is 0 Å². The molecule has 1 fully saturated rings. The van der Waals surface area contributed by atoms with Crippen LogP contribution in [0.3, 0.4) is 0 Å². The Kier molecular flexibility index (Phi) is 22.8. The molecule has 1 aliphatic heterocycles. The first-order valence-electron chi connectivity index (χ1n) is 24.0. The van der Waals surface area contributed by atoms with Crippen molar-refractivity contribution in [1.29, 1.82) is 0 Å². The molecule has 17 heteroatoms. The molecule has 2 aromatic carbocycles. The number of rotatable bonds is 25. The van der Waals surface area contributed by atoms with Gasteiger partial charge in [0.15, 0.2) is 0 Å². The minimum Gasteiger partial charge on any atom is -0.445 e. The summed E-state index contributed by atoms with van der Waals surface area (Å²) in [7, 11) is 9.40. The average molecular weight is 993 g/mol. The van der Waals surface area contributed by atoms with Crippen molar-refractivity contribution in [3.63, 3.8) is 0 Å². The number of amides is 5. The van der Waals surface area contributed by atoms with Gasteiger partial charge in [0.25, 0.3) is 0 Å². The lowest BCUT2D eigenvalue weighted by atomic mass is 9.89. The van der Waals surface area contributed by atoms with Crippen LogP contribution in [0, 0.1) is 23.7 Å². The predicted octanol–water partition coefficient (Wildman–Crippen LogP) is 7.77. The highest BCUT2D eigenvalue weighted by atomic mass is 33.1. The lowest BCUT2D eigenvalue weighted by Gasteiger charge is -2.41. The number of carbonyl (C=O) groups is 5. The number of ether oxygens (including phenoxy) is 3. The van der Waals surface area contributed by atoms with E-state index in [0.717, 1.165) is 21.9 Å². The maximum Gasteiger partial charge on any atom is 0.410 e. The fourth-order valence-electron chi connectivity index (χ4n) is 9.07. The van der Waals surface area contributed by atoms with Crippen molar-refractivity contribution in [1.82, 2.24) is 30.3 Å². The normalized spacial score (nSPS) is 17.7. The van der Waals surface area contributed by atoms with Crippen LogP contribution in [0.2, 0.25) is 0 Å². The summed E-state index contributed by atoms with van der Waals surface area (Å²) < 4.78 is 17.7. The molecule has 10 atom stereocenters. The SMILES string of the molecule is CC[C@H](C)[C@@H]([C@@H](CC(=O)N1CCC[C@@H]1[C@H](OC)[C@@H](C)C(=O)N[C@H](C)[C@@H](O)c1ccccc1)OC)N(C)C(=O)[C@@H](NC(=O)[C@H](C(C)C)N(C)C(=O)OCc1ccc(SSc2ccccn2)cc1)C(C)C. The summed E-state index contributed by atoms with van der Waals surface area (Å²) in [6.45, 7) is 15.4. The van der Waals surface area contributed by atoms with Gasteiger partial charge in [0.05, 0.1) is 48.8 Å². The van der Waals surface area contributed by atoms with Crippen LogP contribution >= 0.6 is 21.6 Å². The molecular formula is C52H76N6O9S2. The third-order valence-corrected chi connectivity index (χ3v) is 15.5. The third kappa shape index (κ3) is 15.7. The molecule has 15 nitrogen and oxygen atoms in total. The molecule has 0 aliphatic carbocycles. The van der Waals surface area contributed by atoms with Crippen molar-refractivity contribution in [3.05, 3.63) is 90.1 Å². The van der Waals surface area contributed by atoms with E-state index in [0.29, 0.717) is 24.9 Å². The van der Waals surface area contributed by atoms with E-state index in [-0.39, 0.29) is 54.5 Å². The summed E-state index contributed by atoms with van der Waals surface area (Å²) in [6.07, 6.45) is 0.834. The number of aliphatic hydroxyl groups is 1. The molecule has 4 rings (SSSR count). The molecule has 0 bridgehead atoms. The Morgan fingerprint density at radius 3 is 2.07 bits per heavy atom. The number of pyridine rings is 1. The minimum atomic E-state index is -0.963. The van der Waals surface area contributed by atoms with E-state index in [1.54, 1.807) is 65.6 Å². The topological polar surface area (TPSA) is 180 Å². The van der Waals surface area contributed by atoms with Crippen LogP contribution in [0.25, 0.3) is 0 Å². The van der Waals surface area contributed by atoms with E-state index in [4.69, 9.17) is 14.2 Å². The van der Waals surface area contributed by atoms with Crippen LogP contribution < -0.4 is 10.6 Å². The zero-order chi connectivity index (χ0) is 50.9. The second-order valence-corrected chi connectivity index (χ2v) is 21.0. The lowest BCUT2D eigenvalue weighted by molar-refractivity contribution is -0.148. The number of aromatic nitrogens is 1. The van der Waals surface area contributed by atoms with Crippen molar-refractivity contribution < 1.29 is 43.3 Å². The standard InChI is InChI=1S/C52H76N6O9S2/c1-13-34(6)46(41(65-11)30-43(59)58-29-19-22-40(58)48(66-12)35(7)49(61)54-36(8)47(60)38-20-15-14-16-21-38)56(9)51(63)44(32(2)3)55-50(62)45(33(4)5)57(10)52(64)67-31-37-24-26-39(27-25-37)68-69-42-23-17-18-28-53-42/h14-18,20-21,23-28,32-36,40-41,44-48,60H,13,19,22,29-31H2,1-12H3,(H,54,61)(H,55,62)/t34-,35+,36+,40+,41+,44-,45-,46-,47+,48+/m0/s1. The van der Waals surface area contributed by atoms with E-state index in [1.807, 2.05) is 114 Å². The van der Waals surface area contributed by atoms with Gasteiger partial charge in [0.2, 0.25) is 23.6 Å². The van der Waals surface area contributed by atoms with Crippen molar-refractivity contribution in [2.75, 3.05) is 34.9 Å². The number of hydrogen-bond donors (Lipinski definition) is 3. The molecule has 380 valence electrons. The zero-order valence-electron chi connectivity index (χ0n) is 42.5. The van der Waals surface area contributed by atoms with Crippen LogP contribution in [0.1, 0.15) is 98.3 Å². The highest BCUT2D eigenvalue weighted by Crippen LogP contribution is 2.36. The summed E-state index contributed by atoms with van der Waals surface area (Å²) in [4.78, 5) is 80.2. The van der Waals surface area contributed by atoms with E-state index in [9.17, 15) is 29.1 Å². The number of hydrogen-bond acceptors (Lipinski definition) is 12.